The van der Waals surface area contributed by atoms with Gasteiger partial charge in [0.15, 0.2) is 0 Å². The van der Waals surface area contributed by atoms with Crippen molar-refractivity contribution in [2.75, 3.05) is 5.73 Å². The summed E-state index contributed by atoms with van der Waals surface area (Å²) in [5, 5.41) is 1.71. The highest BCUT2D eigenvalue weighted by Gasteiger charge is 2.38. The maximum absolute atomic E-state index is 11.8. The number of nitrogens with zero attached hydrogens (tertiary/aromatic N) is 1. The molecule has 0 bridgehead atoms. The standard InChI is InChI=1S/C8H8F3N3O/c9-8(10,11)7(15)14-4-5-1-2-6(12)13-3-5/h1-3H,4H2,(H2,12,13)(H,14,15). The number of nitrogens with two attached hydrogens (primary N) is 1. The highest BCUT2D eigenvalue weighted by Crippen LogP contribution is 2.14. The Bertz CT molecular complexity index is 347. The number of hydrogen-bond donors (Lipinski definition) is 2. The average Bonchev–Trinajstić information content (AvgIpc) is 2.15. The number of pyridine rings is 1. The third-order valence-electron chi connectivity index (χ3n) is 1.56. The number of alkyl halides is 3. The summed E-state index contributed by atoms with van der Waals surface area (Å²) >= 11 is 0. The first kappa shape index (κ1) is 11.3. The summed E-state index contributed by atoms with van der Waals surface area (Å²) in [7, 11) is 0. The fourth-order valence-electron chi connectivity index (χ4n) is 0.823. The van der Waals surface area contributed by atoms with E-state index in [9.17, 15) is 18.0 Å². The minimum atomic E-state index is -4.86. The Morgan fingerprint density at radius 2 is 2.13 bits per heavy atom. The lowest BCUT2D eigenvalue weighted by Crippen LogP contribution is -2.36. The quantitative estimate of drug-likeness (QED) is 0.774. The highest BCUT2D eigenvalue weighted by atomic mass is 19.4. The molecule has 0 aromatic carbocycles. The van der Waals surface area contributed by atoms with Crippen molar-refractivity contribution in [3.8, 4) is 0 Å². The minimum Gasteiger partial charge on any atom is -0.384 e. The number of carbonyl (C=O) groups is 1. The number of hydrogen-bond acceptors (Lipinski definition) is 3. The van der Waals surface area contributed by atoms with Crippen LogP contribution in [0.3, 0.4) is 0 Å². The summed E-state index contributed by atoms with van der Waals surface area (Å²) in [4.78, 5) is 14.1. The molecule has 4 nitrogen and oxygen atoms in total. The Hall–Kier alpha value is -1.79. The fourth-order valence-corrected chi connectivity index (χ4v) is 0.823. The lowest BCUT2D eigenvalue weighted by molar-refractivity contribution is -0.173. The van der Waals surface area contributed by atoms with Crippen molar-refractivity contribution in [1.82, 2.24) is 10.3 Å². The Kier molecular flexibility index (Phi) is 3.13. The smallest absolute Gasteiger partial charge is 0.384 e. The first-order valence-corrected chi connectivity index (χ1v) is 3.95. The molecule has 1 amide bonds. The van der Waals surface area contributed by atoms with E-state index in [1.54, 1.807) is 5.32 Å². The van der Waals surface area contributed by atoms with Crippen molar-refractivity contribution >= 4 is 11.7 Å². The van der Waals surface area contributed by atoms with Gasteiger partial charge in [-0.05, 0) is 11.6 Å². The molecule has 0 aliphatic heterocycles. The van der Waals surface area contributed by atoms with Crippen LogP contribution in [0.1, 0.15) is 5.56 Å². The zero-order valence-electron chi connectivity index (χ0n) is 7.51. The molecule has 0 aliphatic rings. The van der Waals surface area contributed by atoms with E-state index >= 15 is 0 Å². The van der Waals surface area contributed by atoms with E-state index < -0.39 is 12.1 Å². The fraction of sp³-hybridized carbons (Fsp3) is 0.250. The summed E-state index contributed by atoms with van der Waals surface area (Å²) in [5.74, 6) is -1.71. The molecule has 82 valence electrons. The zero-order valence-corrected chi connectivity index (χ0v) is 7.51. The third-order valence-corrected chi connectivity index (χ3v) is 1.56. The molecule has 0 atom stereocenters. The Morgan fingerprint density at radius 1 is 1.47 bits per heavy atom. The van der Waals surface area contributed by atoms with Gasteiger partial charge in [-0.3, -0.25) is 4.79 Å². The van der Waals surface area contributed by atoms with Crippen LogP contribution in [0.2, 0.25) is 0 Å². The van der Waals surface area contributed by atoms with Crippen LogP contribution in [0.5, 0.6) is 0 Å². The van der Waals surface area contributed by atoms with Gasteiger partial charge in [-0.2, -0.15) is 13.2 Å². The molecule has 1 aromatic rings. The second-order valence-electron chi connectivity index (χ2n) is 2.77. The van der Waals surface area contributed by atoms with Crippen molar-refractivity contribution < 1.29 is 18.0 Å². The molecule has 0 radical (unpaired) electrons. The molecular formula is C8H8F3N3O. The number of rotatable bonds is 2. The van der Waals surface area contributed by atoms with Crippen molar-refractivity contribution in [1.29, 1.82) is 0 Å². The van der Waals surface area contributed by atoms with E-state index in [2.05, 4.69) is 4.98 Å². The van der Waals surface area contributed by atoms with Gasteiger partial charge in [0.25, 0.3) is 0 Å². The minimum absolute atomic E-state index is 0.231. The highest BCUT2D eigenvalue weighted by molar-refractivity contribution is 5.81. The van der Waals surface area contributed by atoms with Gasteiger partial charge >= 0.3 is 12.1 Å². The largest absolute Gasteiger partial charge is 0.471 e. The molecule has 1 heterocycles. The third kappa shape index (κ3) is 3.45. The lowest BCUT2D eigenvalue weighted by Gasteiger charge is -2.07. The predicted molar refractivity (Wildman–Crippen MR) is 46.6 cm³/mol. The second kappa shape index (κ2) is 4.16. The van der Waals surface area contributed by atoms with Gasteiger partial charge in [0.2, 0.25) is 0 Å². The number of amides is 1. The monoisotopic (exact) mass is 219 g/mol. The summed E-state index contributed by atoms with van der Waals surface area (Å²) in [6.45, 7) is -0.231. The van der Waals surface area contributed by atoms with Gasteiger partial charge in [-0.1, -0.05) is 6.07 Å². The SMILES string of the molecule is Nc1ccc(CNC(=O)C(F)(F)F)cn1. The van der Waals surface area contributed by atoms with Crippen LogP contribution >= 0.6 is 0 Å². The van der Waals surface area contributed by atoms with Gasteiger partial charge in [0, 0.05) is 12.7 Å². The van der Waals surface area contributed by atoms with Crippen LogP contribution in [0.25, 0.3) is 0 Å². The summed E-state index contributed by atoms with van der Waals surface area (Å²) in [6.07, 6.45) is -3.56. The molecule has 0 aliphatic carbocycles. The van der Waals surface area contributed by atoms with Crippen molar-refractivity contribution in [3.63, 3.8) is 0 Å². The normalized spacial score (nSPS) is 11.1. The first-order valence-electron chi connectivity index (χ1n) is 3.95. The van der Waals surface area contributed by atoms with Gasteiger partial charge in [0.05, 0.1) is 0 Å². The molecule has 1 aromatic heterocycles. The maximum atomic E-state index is 11.8. The predicted octanol–water partition coefficient (Wildman–Crippen LogP) is 0.842. The van der Waals surface area contributed by atoms with Gasteiger partial charge in [0.1, 0.15) is 5.82 Å². The van der Waals surface area contributed by atoms with E-state index in [-0.39, 0.29) is 12.4 Å². The van der Waals surface area contributed by atoms with E-state index in [0.717, 1.165) is 0 Å². The lowest BCUT2D eigenvalue weighted by atomic mass is 10.3. The van der Waals surface area contributed by atoms with E-state index in [1.807, 2.05) is 0 Å². The van der Waals surface area contributed by atoms with Crippen LogP contribution in [-0.4, -0.2) is 17.1 Å². The number of nitrogen functional groups attached to an aromatic ring is 1. The topological polar surface area (TPSA) is 68.0 Å². The van der Waals surface area contributed by atoms with Crippen LogP contribution in [0, 0.1) is 0 Å². The summed E-state index contributed by atoms with van der Waals surface area (Å²) < 4.78 is 35.3. The molecule has 0 saturated carbocycles. The van der Waals surface area contributed by atoms with E-state index in [0.29, 0.717) is 5.56 Å². The molecule has 1 rings (SSSR count). The second-order valence-corrected chi connectivity index (χ2v) is 2.77. The zero-order chi connectivity index (χ0) is 11.5. The van der Waals surface area contributed by atoms with Crippen LogP contribution < -0.4 is 11.1 Å². The van der Waals surface area contributed by atoms with E-state index in [1.165, 1.54) is 18.3 Å². The number of anilines is 1. The Labute approximate surface area is 83.3 Å². The molecule has 0 fully saturated rings. The molecule has 15 heavy (non-hydrogen) atoms. The summed E-state index contributed by atoms with van der Waals surface area (Å²) in [5.41, 5.74) is 5.72. The average molecular weight is 219 g/mol. The van der Waals surface area contributed by atoms with Crippen LogP contribution in [0.4, 0.5) is 19.0 Å². The van der Waals surface area contributed by atoms with Gasteiger partial charge < -0.3 is 11.1 Å². The van der Waals surface area contributed by atoms with E-state index in [4.69, 9.17) is 5.73 Å². The number of halogens is 3. The Balaban J connectivity index is 2.51. The number of carbonyl (C=O) groups excluding carboxylic acids is 1. The molecule has 3 N–H and O–H groups in total. The molecular weight excluding hydrogens is 211 g/mol. The van der Waals surface area contributed by atoms with Crippen molar-refractivity contribution in [2.45, 2.75) is 12.7 Å². The number of aromatic nitrogens is 1. The molecule has 0 spiro atoms. The first-order chi connectivity index (χ1) is 6.89. The molecule has 0 unspecified atom stereocenters. The van der Waals surface area contributed by atoms with Crippen LogP contribution in [0.15, 0.2) is 18.3 Å². The summed E-state index contributed by atoms with van der Waals surface area (Å²) in [6, 6.07) is 2.92. The van der Waals surface area contributed by atoms with Crippen molar-refractivity contribution in [3.05, 3.63) is 23.9 Å². The van der Waals surface area contributed by atoms with Crippen molar-refractivity contribution in [2.24, 2.45) is 0 Å². The molecule has 7 heteroatoms. The maximum Gasteiger partial charge on any atom is 0.471 e. The van der Waals surface area contributed by atoms with Gasteiger partial charge in [-0.25, -0.2) is 4.98 Å². The van der Waals surface area contributed by atoms with Crippen LogP contribution in [-0.2, 0) is 11.3 Å². The molecule has 0 saturated heterocycles. The Morgan fingerprint density at radius 3 is 2.60 bits per heavy atom. The van der Waals surface area contributed by atoms with Gasteiger partial charge in [-0.15, -0.1) is 0 Å². The number of nitrogens with one attached hydrogen (secondary N) is 1.